The third kappa shape index (κ3) is 5.90. The Morgan fingerprint density at radius 2 is 1.56 bits per heavy atom. The molecule has 198 valence electrons. The number of hydrogen-bond acceptors (Lipinski definition) is 2. The Labute approximate surface area is 206 Å². The first kappa shape index (κ1) is 26.6. The molecule has 1 aromatic carbocycles. The van der Waals surface area contributed by atoms with Crippen molar-refractivity contribution < 1.29 is 31.1 Å². The van der Waals surface area contributed by atoms with Crippen LogP contribution in [0.1, 0.15) is 78.5 Å². The third-order valence-electron chi connectivity index (χ3n) is 7.32. The summed E-state index contributed by atoms with van der Waals surface area (Å²) in [6.45, 7) is 3.35. The summed E-state index contributed by atoms with van der Waals surface area (Å²) in [4.78, 5) is 13.2. The fraction of sp³-hybridized carbons (Fsp3) is 0.577. The van der Waals surface area contributed by atoms with Crippen molar-refractivity contribution in [2.75, 3.05) is 13.1 Å². The summed E-state index contributed by atoms with van der Waals surface area (Å²) in [7, 11) is 0. The topological polar surface area (TPSA) is 37.3 Å². The lowest BCUT2D eigenvalue weighted by atomic mass is 9.89. The highest BCUT2D eigenvalue weighted by molar-refractivity contribution is 5.96. The Kier molecular flexibility index (Phi) is 7.73. The number of alkyl halides is 6. The number of halogens is 6. The summed E-state index contributed by atoms with van der Waals surface area (Å²) in [5.41, 5.74) is 0.576. The number of rotatable bonds is 5. The minimum Gasteiger partial charge on any atom is -0.344 e. The van der Waals surface area contributed by atoms with Crippen molar-refractivity contribution >= 4 is 5.91 Å². The quantitative estimate of drug-likeness (QED) is 0.427. The van der Waals surface area contributed by atoms with Crippen LogP contribution in [0.4, 0.5) is 26.3 Å². The Balaban J connectivity index is 1.82. The second-order valence-electron chi connectivity index (χ2n) is 9.89. The SMILES string of the molecule is Cc1c(C(=O)NN2CCCCC2)cc(-c2cc(C(F)(F)F)ccc2C(F)(F)F)n1CC1CCCCC1. The molecule has 0 unspecified atom stereocenters. The molecule has 1 aliphatic carbocycles. The van der Waals surface area contributed by atoms with Gasteiger partial charge in [0.05, 0.1) is 16.7 Å². The number of nitrogens with one attached hydrogen (secondary N) is 1. The lowest BCUT2D eigenvalue weighted by Gasteiger charge is -2.27. The average Bonchev–Trinajstić information content (AvgIpc) is 3.15. The molecule has 0 bridgehead atoms. The van der Waals surface area contributed by atoms with Crippen LogP contribution in [-0.4, -0.2) is 28.6 Å². The average molecular weight is 516 g/mol. The van der Waals surface area contributed by atoms with Gasteiger partial charge < -0.3 is 4.57 Å². The van der Waals surface area contributed by atoms with E-state index in [2.05, 4.69) is 5.43 Å². The molecule has 4 rings (SSSR count). The van der Waals surface area contributed by atoms with E-state index in [0.29, 0.717) is 43.5 Å². The molecule has 1 N–H and O–H groups in total. The van der Waals surface area contributed by atoms with E-state index >= 15 is 0 Å². The Hall–Kier alpha value is -2.49. The first-order valence-electron chi connectivity index (χ1n) is 12.5. The van der Waals surface area contributed by atoms with E-state index in [9.17, 15) is 31.1 Å². The van der Waals surface area contributed by atoms with Gasteiger partial charge in [-0.25, -0.2) is 5.01 Å². The minimum absolute atomic E-state index is 0.0136. The van der Waals surface area contributed by atoms with E-state index in [1.807, 2.05) is 0 Å². The molecular weight excluding hydrogens is 484 g/mol. The molecule has 1 saturated heterocycles. The number of aromatic nitrogens is 1. The molecule has 0 radical (unpaired) electrons. The molecule has 1 aliphatic heterocycles. The Morgan fingerprint density at radius 1 is 0.917 bits per heavy atom. The standard InChI is InChI=1S/C26H31F6N3O/c1-17-20(24(36)33-34-12-6-3-7-13-34)15-23(35(17)16-18-8-4-2-5-9-18)21-14-19(25(27,28)29)10-11-22(21)26(30,31)32/h10-11,14-15,18H,2-9,12-13,16H2,1H3,(H,33,36). The number of hydrazine groups is 1. The van der Waals surface area contributed by atoms with Gasteiger partial charge in [0.1, 0.15) is 0 Å². The Bertz CT molecular complexity index is 1080. The van der Waals surface area contributed by atoms with Gasteiger partial charge in [0.15, 0.2) is 0 Å². The first-order valence-corrected chi connectivity index (χ1v) is 12.5. The van der Waals surface area contributed by atoms with E-state index in [1.54, 1.807) is 16.5 Å². The largest absolute Gasteiger partial charge is 0.417 e. The minimum atomic E-state index is -4.86. The molecule has 2 fully saturated rings. The van der Waals surface area contributed by atoms with Gasteiger partial charge in [0.25, 0.3) is 5.91 Å². The molecule has 2 heterocycles. The van der Waals surface area contributed by atoms with Gasteiger partial charge in [-0.1, -0.05) is 25.7 Å². The van der Waals surface area contributed by atoms with Crippen LogP contribution in [0.15, 0.2) is 24.3 Å². The van der Waals surface area contributed by atoms with Crippen LogP contribution >= 0.6 is 0 Å². The fourth-order valence-electron chi connectivity index (χ4n) is 5.35. The predicted molar refractivity (Wildman–Crippen MR) is 124 cm³/mol. The van der Waals surface area contributed by atoms with Crippen molar-refractivity contribution in [3.8, 4) is 11.3 Å². The van der Waals surface area contributed by atoms with Gasteiger partial charge in [0.2, 0.25) is 0 Å². The van der Waals surface area contributed by atoms with Crippen molar-refractivity contribution in [1.82, 2.24) is 15.0 Å². The monoisotopic (exact) mass is 515 g/mol. The summed E-state index contributed by atoms with van der Waals surface area (Å²) in [6, 6.07) is 2.82. The summed E-state index contributed by atoms with van der Waals surface area (Å²) in [6.07, 6.45) is -1.89. The van der Waals surface area contributed by atoms with Crippen LogP contribution in [0.2, 0.25) is 0 Å². The molecule has 1 saturated carbocycles. The zero-order valence-corrected chi connectivity index (χ0v) is 20.2. The number of carbonyl (C=O) groups excluding carboxylic acids is 1. The second-order valence-corrected chi connectivity index (χ2v) is 9.89. The molecule has 2 aliphatic rings. The second kappa shape index (κ2) is 10.5. The molecule has 1 amide bonds. The van der Waals surface area contributed by atoms with Crippen molar-refractivity contribution in [2.45, 2.75) is 77.2 Å². The van der Waals surface area contributed by atoms with Crippen LogP contribution in [0, 0.1) is 12.8 Å². The molecule has 0 atom stereocenters. The fourth-order valence-corrected chi connectivity index (χ4v) is 5.35. The Morgan fingerprint density at radius 3 is 2.17 bits per heavy atom. The van der Waals surface area contributed by atoms with Gasteiger partial charge in [0, 0.05) is 36.6 Å². The van der Waals surface area contributed by atoms with Crippen molar-refractivity contribution in [3.05, 3.63) is 46.6 Å². The molecular formula is C26H31F6N3O. The number of hydrogen-bond donors (Lipinski definition) is 1. The van der Waals surface area contributed by atoms with Gasteiger partial charge in [-0.05, 0) is 62.8 Å². The van der Waals surface area contributed by atoms with Crippen molar-refractivity contribution in [1.29, 1.82) is 0 Å². The van der Waals surface area contributed by atoms with E-state index in [4.69, 9.17) is 0 Å². The summed E-state index contributed by atoms with van der Waals surface area (Å²) < 4.78 is 84.0. The highest BCUT2D eigenvalue weighted by atomic mass is 19.4. The molecule has 2 aromatic rings. The maximum atomic E-state index is 14.0. The highest BCUT2D eigenvalue weighted by Gasteiger charge is 2.38. The zero-order chi connectivity index (χ0) is 26.1. The van der Waals surface area contributed by atoms with Gasteiger partial charge >= 0.3 is 12.4 Å². The highest BCUT2D eigenvalue weighted by Crippen LogP contribution is 2.42. The molecule has 0 spiro atoms. The number of amides is 1. The van der Waals surface area contributed by atoms with Crippen LogP contribution in [0.25, 0.3) is 11.3 Å². The zero-order valence-electron chi connectivity index (χ0n) is 20.2. The number of benzene rings is 1. The third-order valence-corrected chi connectivity index (χ3v) is 7.32. The number of piperidine rings is 1. The summed E-state index contributed by atoms with van der Waals surface area (Å²) in [5.74, 6) is -0.277. The van der Waals surface area contributed by atoms with E-state index in [-0.39, 0.29) is 17.2 Å². The molecule has 10 heteroatoms. The van der Waals surface area contributed by atoms with E-state index < -0.39 is 35.0 Å². The van der Waals surface area contributed by atoms with Crippen LogP contribution < -0.4 is 5.43 Å². The number of carbonyl (C=O) groups is 1. The maximum absolute atomic E-state index is 14.0. The van der Waals surface area contributed by atoms with Gasteiger partial charge in [-0.2, -0.15) is 26.3 Å². The summed E-state index contributed by atoms with van der Waals surface area (Å²) >= 11 is 0. The first-order chi connectivity index (χ1) is 16.9. The van der Waals surface area contributed by atoms with Crippen molar-refractivity contribution in [2.24, 2.45) is 5.92 Å². The normalized spacial score (nSPS) is 18.4. The van der Waals surface area contributed by atoms with E-state index in [0.717, 1.165) is 51.4 Å². The van der Waals surface area contributed by atoms with Crippen molar-refractivity contribution in [3.63, 3.8) is 0 Å². The lowest BCUT2D eigenvalue weighted by molar-refractivity contribution is -0.141. The van der Waals surface area contributed by atoms with Gasteiger partial charge in [-0.15, -0.1) is 0 Å². The van der Waals surface area contributed by atoms with Crippen LogP contribution in [-0.2, 0) is 18.9 Å². The van der Waals surface area contributed by atoms with Gasteiger partial charge in [-0.3, -0.25) is 10.2 Å². The molecule has 1 aromatic heterocycles. The summed E-state index contributed by atoms with van der Waals surface area (Å²) in [5, 5.41) is 1.79. The molecule has 4 nitrogen and oxygen atoms in total. The maximum Gasteiger partial charge on any atom is 0.417 e. The van der Waals surface area contributed by atoms with E-state index in [1.165, 1.54) is 6.07 Å². The molecule has 36 heavy (non-hydrogen) atoms. The van der Waals surface area contributed by atoms with Crippen LogP contribution in [0.3, 0.4) is 0 Å². The number of nitrogens with zero attached hydrogens (tertiary/aromatic N) is 2. The smallest absolute Gasteiger partial charge is 0.344 e. The van der Waals surface area contributed by atoms with Crippen LogP contribution in [0.5, 0.6) is 0 Å². The lowest BCUT2D eigenvalue weighted by Crippen LogP contribution is -2.45. The predicted octanol–water partition coefficient (Wildman–Crippen LogP) is 7.21.